The van der Waals surface area contributed by atoms with Crippen LogP contribution in [0.15, 0.2) is 48.5 Å². The lowest BCUT2D eigenvalue weighted by Gasteiger charge is -2.10. The molecule has 1 atom stereocenters. The van der Waals surface area contributed by atoms with E-state index in [1.807, 2.05) is 6.07 Å². The number of fused-ring (bicyclic) bond motifs is 1. The number of hydrogen-bond donors (Lipinski definition) is 0. The van der Waals surface area contributed by atoms with Crippen molar-refractivity contribution >= 4 is 33.0 Å². The summed E-state index contributed by atoms with van der Waals surface area (Å²) in [6, 6.07) is 15.3. The van der Waals surface area contributed by atoms with Gasteiger partial charge in [0.15, 0.2) is 0 Å². The zero-order chi connectivity index (χ0) is 15.0. The van der Waals surface area contributed by atoms with Crippen LogP contribution >= 0.6 is 22.9 Å². The van der Waals surface area contributed by atoms with E-state index in [-0.39, 0.29) is 11.2 Å². The van der Waals surface area contributed by atoms with Crippen LogP contribution in [0.4, 0.5) is 4.39 Å². The third kappa shape index (κ3) is 2.97. The number of thiophene rings is 1. The fourth-order valence-electron chi connectivity index (χ4n) is 2.36. The van der Waals surface area contributed by atoms with Crippen LogP contribution in [0.25, 0.3) is 10.1 Å². The highest BCUT2D eigenvalue weighted by Crippen LogP contribution is 2.37. The van der Waals surface area contributed by atoms with Crippen LogP contribution in [-0.2, 0) is 0 Å². The number of benzene rings is 2. The van der Waals surface area contributed by atoms with E-state index in [9.17, 15) is 4.39 Å². The molecule has 1 heterocycles. The summed E-state index contributed by atoms with van der Waals surface area (Å²) in [5.41, 5.74) is 2.38. The summed E-state index contributed by atoms with van der Waals surface area (Å²) in [5.74, 6) is 0.309. The van der Waals surface area contributed by atoms with Gasteiger partial charge < -0.3 is 0 Å². The first-order chi connectivity index (χ1) is 10.0. The maximum Gasteiger partial charge on any atom is 0.124 e. The van der Waals surface area contributed by atoms with Crippen molar-refractivity contribution < 1.29 is 4.39 Å². The van der Waals surface area contributed by atoms with Gasteiger partial charge in [-0.3, -0.25) is 0 Å². The molecule has 0 aliphatic heterocycles. The molecule has 0 nitrogen and oxygen atoms in total. The summed E-state index contributed by atoms with van der Waals surface area (Å²) in [6.45, 7) is 4.35. The second-order valence-corrected chi connectivity index (χ2v) is 7.07. The molecule has 108 valence electrons. The van der Waals surface area contributed by atoms with Crippen molar-refractivity contribution in [1.82, 2.24) is 0 Å². The Labute approximate surface area is 133 Å². The van der Waals surface area contributed by atoms with E-state index < -0.39 is 0 Å². The maximum atomic E-state index is 13.3. The molecule has 0 saturated heterocycles. The average Bonchev–Trinajstić information content (AvgIpc) is 2.89. The van der Waals surface area contributed by atoms with Crippen LogP contribution in [0.1, 0.15) is 41.1 Å². The zero-order valence-electron chi connectivity index (χ0n) is 11.9. The largest absolute Gasteiger partial charge is 0.207 e. The number of rotatable bonds is 3. The zero-order valence-corrected chi connectivity index (χ0v) is 13.5. The minimum absolute atomic E-state index is 0.188. The molecule has 0 radical (unpaired) electrons. The first-order valence-electron chi connectivity index (χ1n) is 6.97. The van der Waals surface area contributed by atoms with Crippen molar-refractivity contribution in [3.8, 4) is 0 Å². The van der Waals surface area contributed by atoms with E-state index in [1.165, 1.54) is 11.6 Å². The number of hydrogen-bond acceptors (Lipinski definition) is 1. The van der Waals surface area contributed by atoms with Gasteiger partial charge in [-0.15, -0.1) is 22.9 Å². The van der Waals surface area contributed by atoms with Gasteiger partial charge in [-0.05, 0) is 40.6 Å². The smallest absolute Gasteiger partial charge is 0.124 e. The van der Waals surface area contributed by atoms with Gasteiger partial charge in [0.1, 0.15) is 5.82 Å². The van der Waals surface area contributed by atoms with E-state index in [0.29, 0.717) is 5.92 Å². The SMILES string of the molecule is CC(C)c1ccc(C(Cl)c2cc3ccc(F)cc3s2)cc1. The van der Waals surface area contributed by atoms with Crippen LogP contribution in [0.5, 0.6) is 0 Å². The van der Waals surface area contributed by atoms with Crippen LogP contribution in [0, 0.1) is 5.82 Å². The highest BCUT2D eigenvalue weighted by Gasteiger charge is 2.14. The molecule has 0 saturated carbocycles. The molecule has 3 aromatic rings. The van der Waals surface area contributed by atoms with Crippen molar-refractivity contribution in [3.63, 3.8) is 0 Å². The van der Waals surface area contributed by atoms with E-state index in [1.54, 1.807) is 23.5 Å². The van der Waals surface area contributed by atoms with E-state index in [0.717, 1.165) is 20.5 Å². The molecule has 1 unspecified atom stereocenters. The number of alkyl halides is 1. The van der Waals surface area contributed by atoms with E-state index in [2.05, 4.69) is 38.1 Å². The van der Waals surface area contributed by atoms with Gasteiger partial charge in [0.25, 0.3) is 0 Å². The Balaban J connectivity index is 1.93. The molecule has 21 heavy (non-hydrogen) atoms. The molecule has 0 bridgehead atoms. The summed E-state index contributed by atoms with van der Waals surface area (Å²) in [4.78, 5) is 1.05. The Bertz CT molecular complexity index is 758. The van der Waals surface area contributed by atoms with Crippen molar-refractivity contribution in [2.45, 2.75) is 25.1 Å². The molecule has 0 amide bonds. The van der Waals surface area contributed by atoms with Gasteiger partial charge in [0.05, 0.1) is 5.38 Å². The van der Waals surface area contributed by atoms with Crippen LogP contribution < -0.4 is 0 Å². The molecule has 0 aliphatic carbocycles. The molecule has 0 N–H and O–H groups in total. The second-order valence-electron chi connectivity index (χ2n) is 5.51. The lowest BCUT2D eigenvalue weighted by molar-refractivity contribution is 0.630. The third-order valence-electron chi connectivity index (χ3n) is 3.65. The average molecular weight is 319 g/mol. The molecule has 0 aliphatic rings. The van der Waals surface area contributed by atoms with Crippen molar-refractivity contribution in [1.29, 1.82) is 0 Å². The lowest BCUT2D eigenvalue weighted by Crippen LogP contribution is -1.92. The second kappa shape index (κ2) is 5.78. The minimum atomic E-state index is -0.205. The first-order valence-corrected chi connectivity index (χ1v) is 8.23. The number of halogens is 2. The van der Waals surface area contributed by atoms with Gasteiger partial charge in [0.2, 0.25) is 0 Å². The third-order valence-corrected chi connectivity index (χ3v) is 5.43. The molecular weight excluding hydrogens is 303 g/mol. The van der Waals surface area contributed by atoms with Crippen molar-refractivity contribution in [2.24, 2.45) is 0 Å². The molecule has 2 aromatic carbocycles. The minimum Gasteiger partial charge on any atom is -0.207 e. The molecule has 3 rings (SSSR count). The van der Waals surface area contributed by atoms with Gasteiger partial charge >= 0.3 is 0 Å². The standard InChI is InChI=1S/C18H16ClFS/c1-11(2)12-3-5-13(6-4-12)18(19)17-9-14-7-8-15(20)10-16(14)21-17/h3-11,18H,1-2H3. The topological polar surface area (TPSA) is 0 Å². The van der Waals surface area contributed by atoms with E-state index >= 15 is 0 Å². The predicted octanol–water partition coefficient (Wildman–Crippen LogP) is 6.49. The molecule has 3 heteroatoms. The Kier molecular flexibility index (Phi) is 4.01. The molecule has 0 fully saturated rings. The van der Waals surface area contributed by atoms with E-state index in [4.69, 9.17) is 11.6 Å². The highest BCUT2D eigenvalue weighted by molar-refractivity contribution is 7.19. The van der Waals surface area contributed by atoms with Gasteiger partial charge in [-0.25, -0.2) is 4.39 Å². The first kappa shape index (κ1) is 14.6. The Morgan fingerprint density at radius 3 is 2.29 bits per heavy atom. The summed E-state index contributed by atoms with van der Waals surface area (Å²) < 4.78 is 14.2. The molecular formula is C18H16ClFS. The summed E-state index contributed by atoms with van der Waals surface area (Å²) >= 11 is 8.14. The summed E-state index contributed by atoms with van der Waals surface area (Å²) in [6.07, 6.45) is 0. The van der Waals surface area contributed by atoms with Gasteiger partial charge in [0, 0.05) is 9.58 Å². The maximum absolute atomic E-state index is 13.3. The fourth-order valence-corrected chi connectivity index (χ4v) is 3.80. The highest BCUT2D eigenvalue weighted by atomic mass is 35.5. The summed E-state index contributed by atoms with van der Waals surface area (Å²) in [7, 11) is 0. The molecule has 0 spiro atoms. The fraction of sp³-hybridized carbons (Fsp3) is 0.222. The quantitative estimate of drug-likeness (QED) is 0.484. The van der Waals surface area contributed by atoms with Crippen molar-refractivity contribution in [3.05, 3.63) is 70.4 Å². The Morgan fingerprint density at radius 2 is 1.62 bits per heavy atom. The summed E-state index contributed by atoms with van der Waals surface area (Å²) in [5, 5.41) is 0.854. The van der Waals surface area contributed by atoms with Crippen LogP contribution in [0.3, 0.4) is 0 Å². The normalized spacial score (nSPS) is 13.0. The monoisotopic (exact) mass is 318 g/mol. The van der Waals surface area contributed by atoms with Crippen molar-refractivity contribution in [2.75, 3.05) is 0 Å². The Hall–Kier alpha value is -1.38. The van der Waals surface area contributed by atoms with Gasteiger partial charge in [-0.1, -0.05) is 44.2 Å². The Morgan fingerprint density at radius 1 is 0.952 bits per heavy atom. The van der Waals surface area contributed by atoms with Gasteiger partial charge in [-0.2, -0.15) is 0 Å². The predicted molar refractivity (Wildman–Crippen MR) is 90.0 cm³/mol. The molecule has 1 aromatic heterocycles. The lowest BCUT2D eigenvalue weighted by atomic mass is 10.0. The van der Waals surface area contributed by atoms with Crippen LogP contribution in [-0.4, -0.2) is 0 Å². The van der Waals surface area contributed by atoms with Crippen LogP contribution in [0.2, 0.25) is 0 Å².